The van der Waals surface area contributed by atoms with Gasteiger partial charge in [-0.2, -0.15) is 0 Å². The highest BCUT2D eigenvalue weighted by Gasteiger charge is 2.42. The highest BCUT2D eigenvalue weighted by Crippen LogP contribution is 2.38. The third-order valence-corrected chi connectivity index (χ3v) is 6.33. The molecule has 7 heteroatoms. The second kappa shape index (κ2) is 11.9. The van der Waals surface area contributed by atoms with Gasteiger partial charge in [0.2, 0.25) is 5.91 Å². The standard InChI is InChI=1S/C23H37N5O.HI/c1-24-22(25-18-23(13-7-8-14-23)21(29)27(2)3)26-20-12-9-15-28(17-20)16-19-10-5-4-6-11-19;/h4-6,10-11,20H,7-9,12-18H2,1-3H3,(H2,24,25,26);1H. The summed E-state index contributed by atoms with van der Waals surface area (Å²) in [6.07, 6.45) is 6.51. The van der Waals surface area contributed by atoms with E-state index in [4.69, 9.17) is 0 Å². The van der Waals surface area contributed by atoms with E-state index in [-0.39, 0.29) is 35.3 Å². The first-order valence-corrected chi connectivity index (χ1v) is 11.0. The predicted molar refractivity (Wildman–Crippen MR) is 134 cm³/mol. The number of carbonyl (C=O) groups excluding carboxylic acids is 1. The van der Waals surface area contributed by atoms with Gasteiger partial charge in [0.1, 0.15) is 0 Å². The van der Waals surface area contributed by atoms with Crippen LogP contribution in [0.1, 0.15) is 44.1 Å². The topological polar surface area (TPSA) is 60.0 Å². The number of hydrogen-bond acceptors (Lipinski definition) is 3. The Labute approximate surface area is 198 Å². The lowest BCUT2D eigenvalue weighted by Crippen LogP contribution is -2.54. The van der Waals surface area contributed by atoms with Gasteiger partial charge in [0.25, 0.3) is 0 Å². The average molecular weight is 527 g/mol. The Morgan fingerprint density at radius 2 is 1.90 bits per heavy atom. The van der Waals surface area contributed by atoms with Crippen molar-refractivity contribution in [2.75, 3.05) is 40.8 Å². The first-order chi connectivity index (χ1) is 14.0. The van der Waals surface area contributed by atoms with E-state index >= 15 is 0 Å². The number of piperidine rings is 1. The van der Waals surface area contributed by atoms with Crippen LogP contribution in [0.15, 0.2) is 35.3 Å². The highest BCUT2D eigenvalue weighted by molar-refractivity contribution is 14.0. The fourth-order valence-electron chi connectivity index (χ4n) is 4.79. The van der Waals surface area contributed by atoms with Crippen LogP contribution in [0.4, 0.5) is 0 Å². The van der Waals surface area contributed by atoms with Gasteiger partial charge in [0, 0.05) is 46.8 Å². The van der Waals surface area contributed by atoms with Gasteiger partial charge in [-0.25, -0.2) is 0 Å². The maximum absolute atomic E-state index is 12.8. The molecular weight excluding hydrogens is 489 g/mol. The van der Waals surface area contributed by atoms with Crippen molar-refractivity contribution in [1.82, 2.24) is 20.4 Å². The minimum Gasteiger partial charge on any atom is -0.355 e. The number of carbonyl (C=O) groups is 1. The number of rotatable bonds is 6. The first-order valence-electron chi connectivity index (χ1n) is 11.0. The number of aliphatic imine (C=N–C) groups is 1. The van der Waals surface area contributed by atoms with Gasteiger partial charge >= 0.3 is 0 Å². The van der Waals surface area contributed by atoms with Crippen molar-refractivity contribution < 1.29 is 4.79 Å². The average Bonchev–Trinajstić information content (AvgIpc) is 3.21. The molecule has 1 aromatic carbocycles. The van der Waals surface area contributed by atoms with Gasteiger partial charge in [-0.15, -0.1) is 24.0 Å². The molecule has 3 rings (SSSR count). The summed E-state index contributed by atoms with van der Waals surface area (Å²) in [5.41, 5.74) is 1.08. The molecule has 0 bridgehead atoms. The second-order valence-corrected chi connectivity index (χ2v) is 8.82. The zero-order valence-electron chi connectivity index (χ0n) is 18.7. The number of amides is 1. The van der Waals surface area contributed by atoms with Gasteiger partial charge in [0.15, 0.2) is 5.96 Å². The number of hydrogen-bond donors (Lipinski definition) is 2. The number of likely N-dealkylation sites (tertiary alicyclic amines) is 1. The van der Waals surface area contributed by atoms with Crippen molar-refractivity contribution in [2.24, 2.45) is 10.4 Å². The molecule has 1 amide bonds. The van der Waals surface area contributed by atoms with Crippen molar-refractivity contribution in [3.8, 4) is 0 Å². The van der Waals surface area contributed by atoms with E-state index in [0.29, 0.717) is 12.6 Å². The fourth-order valence-corrected chi connectivity index (χ4v) is 4.79. The van der Waals surface area contributed by atoms with Crippen LogP contribution < -0.4 is 10.6 Å². The minimum atomic E-state index is -0.285. The molecule has 1 saturated heterocycles. The largest absolute Gasteiger partial charge is 0.355 e. The Morgan fingerprint density at radius 3 is 2.53 bits per heavy atom. The van der Waals surface area contributed by atoms with Crippen molar-refractivity contribution in [3.05, 3.63) is 35.9 Å². The molecule has 2 N–H and O–H groups in total. The third kappa shape index (κ3) is 6.57. The summed E-state index contributed by atoms with van der Waals surface area (Å²) in [6.45, 7) is 3.80. The molecule has 168 valence electrons. The Kier molecular flexibility index (Phi) is 9.87. The number of guanidine groups is 1. The van der Waals surface area contributed by atoms with E-state index in [2.05, 4.69) is 50.9 Å². The summed E-state index contributed by atoms with van der Waals surface area (Å²) in [7, 11) is 5.53. The highest BCUT2D eigenvalue weighted by atomic mass is 127. The molecule has 1 saturated carbocycles. The van der Waals surface area contributed by atoms with E-state index in [9.17, 15) is 4.79 Å². The normalized spacial score (nSPS) is 21.6. The maximum atomic E-state index is 12.8. The van der Waals surface area contributed by atoms with Crippen LogP contribution >= 0.6 is 24.0 Å². The Bertz CT molecular complexity index is 688. The molecule has 2 aliphatic rings. The summed E-state index contributed by atoms with van der Waals surface area (Å²) < 4.78 is 0. The van der Waals surface area contributed by atoms with Crippen molar-refractivity contribution in [1.29, 1.82) is 0 Å². The van der Waals surface area contributed by atoms with Crippen molar-refractivity contribution >= 4 is 35.8 Å². The summed E-state index contributed by atoms with van der Waals surface area (Å²) in [6, 6.07) is 11.0. The Balaban J connectivity index is 0.00000320. The number of benzene rings is 1. The second-order valence-electron chi connectivity index (χ2n) is 8.82. The van der Waals surface area contributed by atoms with Crippen LogP contribution in [0, 0.1) is 5.41 Å². The number of nitrogens with one attached hydrogen (secondary N) is 2. The van der Waals surface area contributed by atoms with Gasteiger partial charge in [-0.1, -0.05) is 43.2 Å². The van der Waals surface area contributed by atoms with E-state index < -0.39 is 0 Å². The first kappa shape index (κ1) is 24.9. The molecular formula is C23H38IN5O. The molecule has 30 heavy (non-hydrogen) atoms. The minimum absolute atomic E-state index is 0. The lowest BCUT2D eigenvalue weighted by molar-refractivity contribution is -0.138. The smallest absolute Gasteiger partial charge is 0.230 e. The lowest BCUT2D eigenvalue weighted by atomic mass is 9.84. The molecule has 1 aromatic rings. The molecule has 1 aliphatic heterocycles. The number of halogens is 1. The molecule has 0 radical (unpaired) electrons. The van der Waals surface area contributed by atoms with E-state index in [1.54, 1.807) is 4.90 Å². The summed E-state index contributed by atoms with van der Waals surface area (Å²) >= 11 is 0. The predicted octanol–water partition coefficient (Wildman–Crippen LogP) is 3.08. The molecule has 1 atom stereocenters. The summed E-state index contributed by atoms with van der Waals surface area (Å²) in [5, 5.41) is 7.08. The van der Waals surface area contributed by atoms with Crippen LogP contribution in [0.5, 0.6) is 0 Å². The van der Waals surface area contributed by atoms with Crippen LogP contribution in [0.3, 0.4) is 0 Å². The molecule has 0 spiro atoms. The van der Waals surface area contributed by atoms with Crippen LogP contribution in [0.2, 0.25) is 0 Å². The quantitative estimate of drug-likeness (QED) is 0.339. The SMILES string of the molecule is CN=C(NCC1(C(=O)N(C)C)CCCC1)NC1CCCN(Cc2ccccc2)C1.I. The molecule has 1 aliphatic carbocycles. The Hall–Kier alpha value is -1.35. The van der Waals surface area contributed by atoms with E-state index in [0.717, 1.165) is 57.7 Å². The number of nitrogens with zero attached hydrogens (tertiary/aromatic N) is 3. The molecule has 1 unspecified atom stereocenters. The van der Waals surface area contributed by atoms with Gasteiger partial charge in [-0.05, 0) is 37.8 Å². The third-order valence-electron chi connectivity index (χ3n) is 6.33. The molecule has 6 nitrogen and oxygen atoms in total. The zero-order valence-corrected chi connectivity index (χ0v) is 21.0. The van der Waals surface area contributed by atoms with Crippen molar-refractivity contribution in [3.63, 3.8) is 0 Å². The monoisotopic (exact) mass is 527 g/mol. The zero-order chi connectivity index (χ0) is 20.7. The molecule has 2 fully saturated rings. The Morgan fingerprint density at radius 1 is 1.20 bits per heavy atom. The lowest BCUT2D eigenvalue weighted by Gasteiger charge is -2.35. The van der Waals surface area contributed by atoms with Crippen LogP contribution in [0.25, 0.3) is 0 Å². The van der Waals surface area contributed by atoms with Crippen LogP contribution in [-0.4, -0.2) is 68.5 Å². The summed E-state index contributed by atoms with van der Waals surface area (Å²) in [5.74, 6) is 1.05. The van der Waals surface area contributed by atoms with E-state index in [1.165, 1.54) is 12.0 Å². The van der Waals surface area contributed by atoms with Gasteiger partial charge in [0.05, 0.1) is 5.41 Å². The van der Waals surface area contributed by atoms with E-state index in [1.807, 2.05) is 21.1 Å². The van der Waals surface area contributed by atoms with Crippen molar-refractivity contribution in [2.45, 2.75) is 51.1 Å². The molecule has 0 aromatic heterocycles. The van der Waals surface area contributed by atoms with Crippen LogP contribution in [-0.2, 0) is 11.3 Å². The van der Waals surface area contributed by atoms with Gasteiger partial charge < -0.3 is 15.5 Å². The van der Waals surface area contributed by atoms with Gasteiger partial charge in [-0.3, -0.25) is 14.7 Å². The molecule has 1 heterocycles. The maximum Gasteiger partial charge on any atom is 0.230 e. The summed E-state index contributed by atoms with van der Waals surface area (Å²) in [4.78, 5) is 21.5. The fraction of sp³-hybridized carbons (Fsp3) is 0.652.